The highest BCUT2D eigenvalue weighted by molar-refractivity contribution is 7.89. The van der Waals surface area contributed by atoms with Crippen molar-refractivity contribution in [3.63, 3.8) is 0 Å². The molecule has 0 spiro atoms. The van der Waals surface area contributed by atoms with Gasteiger partial charge in [0.1, 0.15) is 5.02 Å². The van der Waals surface area contributed by atoms with Gasteiger partial charge >= 0.3 is 0 Å². The fourth-order valence-electron chi connectivity index (χ4n) is 1.17. The normalized spacial score (nSPS) is 11.5. The second-order valence-electron chi connectivity index (χ2n) is 3.92. The molecule has 0 amide bonds. The quantitative estimate of drug-likeness (QED) is 0.578. The van der Waals surface area contributed by atoms with Gasteiger partial charge in [0.05, 0.1) is 18.1 Å². The van der Waals surface area contributed by atoms with Crippen LogP contribution in [0.4, 0.5) is 0 Å². The van der Waals surface area contributed by atoms with Crippen LogP contribution in [0.25, 0.3) is 0 Å². The summed E-state index contributed by atoms with van der Waals surface area (Å²) in [6, 6.07) is 1.09. The maximum absolute atomic E-state index is 11.8. The Labute approximate surface area is 116 Å². The van der Waals surface area contributed by atoms with E-state index in [1.54, 1.807) is 0 Å². The lowest BCUT2D eigenvalue weighted by Gasteiger charge is -2.07. The van der Waals surface area contributed by atoms with E-state index in [-0.39, 0.29) is 23.1 Å². The Morgan fingerprint density at radius 2 is 2.26 bits per heavy atom. The monoisotopic (exact) mass is 306 g/mol. The van der Waals surface area contributed by atoms with Crippen molar-refractivity contribution >= 4 is 21.6 Å². The smallest absolute Gasteiger partial charge is 0.266 e. The molecule has 0 unspecified atom stereocenters. The minimum Gasteiger partial charge on any atom is -0.376 e. The molecule has 106 valence electrons. The number of sulfonamides is 1. The van der Waals surface area contributed by atoms with Gasteiger partial charge in [-0.3, -0.25) is 4.79 Å². The van der Waals surface area contributed by atoms with Crippen molar-refractivity contribution in [2.24, 2.45) is 0 Å². The van der Waals surface area contributed by atoms with Crippen LogP contribution in [0.2, 0.25) is 5.02 Å². The minimum absolute atomic E-state index is 0.1000. The molecule has 0 atom stereocenters. The first-order valence-electron chi connectivity index (χ1n) is 5.43. The fraction of sp³-hybridized carbons (Fsp3) is 0.364. The van der Waals surface area contributed by atoms with Gasteiger partial charge in [-0.15, -0.1) is 0 Å². The number of halogens is 1. The number of aromatic amines is 1. The van der Waals surface area contributed by atoms with Crippen molar-refractivity contribution in [2.45, 2.75) is 11.8 Å². The summed E-state index contributed by atoms with van der Waals surface area (Å²) in [6.45, 7) is 6.19. The molecule has 0 aliphatic rings. The van der Waals surface area contributed by atoms with Gasteiger partial charge in [-0.25, -0.2) is 13.1 Å². The van der Waals surface area contributed by atoms with Crippen LogP contribution < -0.4 is 10.3 Å². The average molecular weight is 307 g/mol. The third-order valence-corrected chi connectivity index (χ3v) is 3.75. The van der Waals surface area contributed by atoms with Gasteiger partial charge in [-0.2, -0.15) is 0 Å². The second kappa shape index (κ2) is 6.85. The predicted molar refractivity (Wildman–Crippen MR) is 72.9 cm³/mol. The lowest BCUT2D eigenvalue weighted by molar-refractivity contribution is 0.162. The Hall–Kier alpha value is -1.15. The minimum atomic E-state index is -3.71. The van der Waals surface area contributed by atoms with E-state index < -0.39 is 15.6 Å². The first kappa shape index (κ1) is 15.9. The first-order valence-corrected chi connectivity index (χ1v) is 7.29. The molecule has 0 aromatic carbocycles. The SMILES string of the molecule is C=C(C)COCCNS(=O)(=O)c1c[nH]c(=O)c(Cl)c1. The maximum Gasteiger partial charge on any atom is 0.266 e. The van der Waals surface area contributed by atoms with Gasteiger partial charge < -0.3 is 9.72 Å². The van der Waals surface area contributed by atoms with E-state index in [1.807, 2.05) is 6.92 Å². The Balaban J connectivity index is 2.58. The van der Waals surface area contributed by atoms with Gasteiger partial charge in [0.25, 0.3) is 5.56 Å². The van der Waals surface area contributed by atoms with Crippen LogP contribution >= 0.6 is 11.6 Å². The maximum atomic E-state index is 11.8. The third kappa shape index (κ3) is 5.15. The molecular weight excluding hydrogens is 292 g/mol. The van der Waals surface area contributed by atoms with E-state index in [2.05, 4.69) is 16.3 Å². The topological polar surface area (TPSA) is 88.3 Å². The lowest BCUT2D eigenvalue weighted by Crippen LogP contribution is -2.28. The van der Waals surface area contributed by atoms with Crippen LogP contribution in [0.3, 0.4) is 0 Å². The molecule has 1 heterocycles. The highest BCUT2D eigenvalue weighted by Crippen LogP contribution is 2.09. The number of H-pyrrole nitrogens is 1. The Morgan fingerprint density at radius 1 is 1.58 bits per heavy atom. The van der Waals surface area contributed by atoms with E-state index in [9.17, 15) is 13.2 Å². The van der Waals surface area contributed by atoms with Gasteiger partial charge in [-0.05, 0) is 13.0 Å². The van der Waals surface area contributed by atoms with Crippen molar-refractivity contribution in [3.05, 3.63) is 39.8 Å². The molecule has 1 rings (SSSR count). The molecule has 19 heavy (non-hydrogen) atoms. The Bertz CT molecular complexity index is 609. The summed E-state index contributed by atoms with van der Waals surface area (Å²) in [5.41, 5.74) is 0.320. The number of ether oxygens (including phenoxy) is 1. The summed E-state index contributed by atoms with van der Waals surface area (Å²) >= 11 is 5.57. The van der Waals surface area contributed by atoms with Crippen molar-refractivity contribution in [1.82, 2.24) is 9.71 Å². The number of aromatic nitrogens is 1. The molecule has 1 aromatic rings. The molecule has 6 nitrogen and oxygen atoms in total. The summed E-state index contributed by atoms with van der Waals surface area (Å²) < 4.78 is 31.1. The van der Waals surface area contributed by atoms with Crippen LogP contribution in [0.5, 0.6) is 0 Å². The van der Waals surface area contributed by atoms with Crippen LogP contribution in [-0.4, -0.2) is 33.2 Å². The molecule has 0 bridgehead atoms. The van der Waals surface area contributed by atoms with Crippen molar-refractivity contribution in [3.8, 4) is 0 Å². The fourth-order valence-corrected chi connectivity index (χ4v) is 2.41. The molecular formula is C11H15ClN2O4S. The Kier molecular flexibility index (Phi) is 5.74. The number of pyridine rings is 1. The van der Waals surface area contributed by atoms with Crippen LogP contribution in [-0.2, 0) is 14.8 Å². The van der Waals surface area contributed by atoms with Gasteiger partial charge in [-0.1, -0.05) is 23.8 Å². The van der Waals surface area contributed by atoms with E-state index in [0.717, 1.165) is 17.8 Å². The highest BCUT2D eigenvalue weighted by atomic mass is 35.5. The van der Waals surface area contributed by atoms with E-state index in [0.29, 0.717) is 6.61 Å². The summed E-state index contributed by atoms with van der Waals surface area (Å²) in [6.07, 6.45) is 1.09. The van der Waals surface area contributed by atoms with Crippen LogP contribution in [0.1, 0.15) is 6.92 Å². The zero-order chi connectivity index (χ0) is 14.5. The van der Waals surface area contributed by atoms with Crippen molar-refractivity contribution in [1.29, 1.82) is 0 Å². The average Bonchev–Trinajstić information content (AvgIpc) is 2.31. The number of hydrogen-bond donors (Lipinski definition) is 2. The molecule has 1 aromatic heterocycles. The molecule has 0 saturated carbocycles. The van der Waals surface area contributed by atoms with Gasteiger partial charge in [0, 0.05) is 12.7 Å². The zero-order valence-corrected chi connectivity index (χ0v) is 12.0. The molecule has 0 radical (unpaired) electrons. The molecule has 0 fully saturated rings. The number of nitrogens with one attached hydrogen (secondary N) is 2. The highest BCUT2D eigenvalue weighted by Gasteiger charge is 2.14. The van der Waals surface area contributed by atoms with Gasteiger partial charge in [0.2, 0.25) is 10.0 Å². The molecule has 0 saturated heterocycles. The van der Waals surface area contributed by atoms with Crippen LogP contribution in [0.15, 0.2) is 34.1 Å². The number of hydrogen-bond acceptors (Lipinski definition) is 4. The summed E-state index contributed by atoms with van der Waals surface area (Å²) in [4.78, 5) is 13.2. The van der Waals surface area contributed by atoms with Crippen molar-refractivity contribution < 1.29 is 13.2 Å². The molecule has 0 aliphatic heterocycles. The summed E-state index contributed by atoms with van der Waals surface area (Å²) in [7, 11) is -3.71. The van der Waals surface area contributed by atoms with E-state index in [1.165, 1.54) is 0 Å². The second-order valence-corrected chi connectivity index (χ2v) is 6.09. The van der Waals surface area contributed by atoms with Crippen molar-refractivity contribution in [2.75, 3.05) is 19.8 Å². The standard InChI is InChI=1S/C11H15ClN2O4S/c1-8(2)7-18-4-3-14-19(16,17)9-5-10(12)11(15)13-6-9/h5-6,14H,1,3-4,7H2,2H3,(H,13,15). The zero-order valence-electron chi connectivity index (χ0n) is 10.4. The van der Waals surface area contributed by atoms with Gasteiger partial charge in [0.15, 0.2) is 0 Å². The molecule has 0 aliphatic carbocycles. The third-order valence-electron chi connectivity index (χ3n) is 2.03. The Morgan fingerprint density at radius 3 is 2.84 bits per heavy atom. The van der Waals surface area contributed by atoms with E-state index >= 15 is 0 Å². The molecule has 8 heteroatoms. The predicted octanol–water partition coefficient (Wildman–Crippen LogP) is 0.899. The first-order chi connectivity index (χ1) is 8.83. The molecule has 2 N–H and O–H groups in total. The summed E-state index contributed by atoms with van der Waals surface area (Å²) in [5.74, 6) is 0. The largest absolute Gasteiger partial charge is 0.376 e. The number of rotatable bonds is 7. The van der Waals surface area contributed by atoms with Crippen LogP contribution in [0, 0.1) is 0 Å². The van der Waals surface area contributed by atoms with E-state index in [4.69, 9.17) is 16.3 Å². The summed E-state index contributed by atoms with van der Waals surface area (Å²) in [5, 5.41) is -0.179. The lowest BCUT2D eigenvalue weighted by atomic mass is 10.4.